The van der Waals surface area contributed by atoms with Crippen LogP contribution in [-0.4, -0.2) is 41.8 Å². The van der Waals surface area contributed by atoms with Gasteiger partial charge in [-0.15, -0.1) is 0 Å². The van der Waals surface area contributed by atoms with Gasteiger partial charge in [0, 0.05) is 17.6 Å². The average Bonchev–Trinajstić information content (AvgIpc) is 2.84. The quantitative estimate of drug-likeness (QED) is 0.530. The Labute approximate surface area is 203 Å². The lowest BCUT2D eigenvalue weighted by molar-refractivity contribution is -0.157. The second-order valence-corrected chi connectivity index (χ2v) is 10.1. The lowest BCUT2D eigenvalue weighted by Gasteiger charge is -2.49. The van der Waals surface area contributed by atoms with Gasteiger partial charge in [-0.25, -0.2) is 9.59 Å². The van der Waals surface area contributed by atoms with Crippen LogP contribution in [0.15, 0.2) is 59.1 Å². The monoisotopic (exact) mass is 515 g/mol. The van der Waals surface area contributed by atoms with Crippen molar-refractivity contribution in [3.05, 3.63) is 70.2 Å². The Morgan fingerprint density at radius 1 is 0.939 bits per heavy atom. The number of piperidine rings is 1. The third-order valence-corrected chi connectivity index (χ3v) is 7.72. The molecule has 33 heavy (non-hydrogen) atoms. The van der Waals surface area contributed by atoms with Gasteiger partial charge in [-0.3, -0.25) is 0 Å². The number of benzene rings is 2. The highest BCUT2D eigenvalue weighted by Crippen LogP contribution is 2.52. The van der Waals surface area contributed by atoms with E-state index in [1.165, 1.54) is 0 Å². The van der Waals surface area contributed by atoms with E-state index in [4.69, 9.17) is 9.47 Å². The van der Waals surface area contributed by atoms with E-state index in [1.54, 1.807) is 0 Å². The van der Waals surface area contributed by atoms with Crippen molar-refractivity contribution in [2.75, 3.05) is 19.7 Å². The van der Waals surface area contributed by atoms with Gasteiger partial charge in [0.2, 0.25) is 0 Å². The van der Waals surface area contributed by atoms with Crippen LogP contribution in [0.5, 0.6) is 0 Å². The number of carboxylic acids is 1. The summed E-state index contributed by atoms with van der Waals surface area (Å²) in [6, 6.07) is 17.7. The molecule has 1 saturated heterocycles. The van der Waals surface area contributed by atoms with Crippen molar-refractivity contribution in [2.45, 2.75) is 50.7 Å². The van der Waals surface area contributed by atoms with Gasteiger partial charge in [-0.2, -0.15) is 0 Å². The number of hydrogen-bond donors (Lipinski definition) is 1. The van der Waals surface area contributed by atoms with E-state index in [0.717, 1.165) is 54.1 Å². The molecule has 2 aromatic carbocycles. The molecule has 4 rings (SSSR count). The summed E-state index contributed by atoms with van der Waals surface area (Å²) in [6.07, 6.45) is 5.06. The van der Waals surface area contributed by atoms with E-state index in [2.05, 4.69) is 15.9 Å². The third-order valence-electron chi connectivity index (χ3n) is 7.23. The second kappa shape index (κ2) is 10.3. The van der Waals surface area contributed by atoms with E-state index >= 15 is 0 Å². The summed E-state index contributed by atoms with van der Waals surface area (Å²) in [4.78, 5) is 25.6. The van der Waals surface area contributed by atoms with Crippen molar-refractivity contribution < 1.29 is 24.2 Å². The molecule has 176 valence electrons. The van der Waals surface area contributed by atoms with Gasteiger partial charge in [0.05, 0.1) is 5.60 Å². The summed E-state index contributed by atoms with van der Waals surface area (Å²) in [5.41, 5.74) is 1.59. The van der Waals surface area contributed by atoms with Gasteiger partial charge in [-0.1, -0.05) is 58.4 Å². The maximum atomic E-state index is 12.5. The van der Waals surface area contributed by atoms with Crippen LogP contribution in [0.2, 0.25) is 0 Å². The molecule has 2 aromatic rings. The summed E-state index contributed by atoms with van der Waals surface area (Å²) < 4.78 is 12.5. The zero-order valence-corrected chi connectivity index (χ0v) is 20.3. The Kier molecular flexibility index (Phi) is 7.39. The third kappa shape index (κ3) is 5.76. The van der Waals surface area contributed by atoms with Crippen molar-refractivity contribution in [3.8, 4) is 0 Å². The fourth-order valence-corrected chi connectivity index (χ4v) is 5.55. The molecule has 1 heterocycles. The fraction of sp³-hybridized carbons (Fsp3) is 0.462. The molecule has 1 spiro atoms. The molecule has 7 heteroatoms. The molecule has 0 aromatic heterocycles. The minimum absolute atomic E-state index is 0.165. The highest BCUT2D eigenvalue weighted by atomic mass is 79.9. The smallest absolute Gasteiger partial charge is 0.410 e. The molecule has 6 nitrogen and oxygen atoms in total. The fourth-order valence-electron chi connectivity index (χ4n) is 5.15. The van der Waals surface area contributed by atoms with Crippen molar-refractivity contribution in [2.24, 2.45) is 5.41 Å². The molecule has 1 amide bonds. The molecule has 0 radical (unpaired) electrons. The number of carbonyl (C=O) groups is 2. The van der Waals surface area contributed by atoms with Crippen molar-refractivity contribution in [1.82, 2.24) is 4.90 Å². The number of carbonyl (C=O) groups excluding carboxylic acids is 1. The Morgan fingerprint density at radius 2 is 1.64 bits per heavy atom. The normalized spacial score (nSPS) is 19.2. The van der Waals surface area contributed by atoms with Crippen LogP contribution in [0.3, 0.4) is 0 Å². The molecule has 1 aliphatic carbocycles. The number of aliphatic carboxylic acids is 1. The van der Waals surface area contributed by atoms with Crippen molar-refractivity contribution >= 4 is 28.0 Å². The van der Waals surface area contributed by atoms with Crippen LogP contribution in [0.4, 0.5) is 4.79 Å². The number of likely N-dealkylation sites (tertiary alicyclic amines) is 1. The molecule has 0 unspecified atom stereocenters. The van der Waals surface area contributed by atoms with Gasteiger partial charge in [0.15, 0.2) is 0 Å². The van der Waals surface area contributed by atoms with Crippen molar-refractivity contribution in [1.29, 1.82) is 0 Å². The summed E-state index contributed by atoms with van der Waals surface area (Å²) >= 11 is 3.53. The molecule has 0 bridgehead atoms. The molecule has 1 saturated carbocycles. The number of nitrogens with zero attached hydrogens (tertiary/aromatic N) is 1. The number of rotatable bonds is 6. The molecule has 2 aliphatic rings. The molecule has 1 N–H and O–H groups in total. The summed E-state index contributed by atoms with van der Waals surface area (Å²) in [5.74, 6) is -0.952. The summed E-state index contributed by atoms with van der Waals surface area (Å²) in [5, 5.41) is 9.22. The molecule has 1 aliphatic heterocycles. The van der Waals surface area contributed by atoms with E-state index in [1.807, 2.05) is 59.5 Å². The maximum absolute atomic E-state index is 12.5. The SMILES string of the molecule is O=C(O)COC1(c2cccc(Br)c2)CCC2(CCN(C(=O)OCc3ccccc3)CC2)CC1. The zero-order chi connectivity index (χ0) is 23.3. The lowest BCUT2D eigenvalue weighted by Crippen LogP contribution is -2.47. The van der Waals surface area contributed by atoms with Crippen LogP contribution in [0, 0.1) is 5.41 Å². The minimum atomic E-state index is -0.952. The Balaban J connectivity index is 1.35. The van der Waals surface area contributed by atoms with Crippen LogP contribution in [0.1, 0.15) is 49.7 Å². The minimum Gasteiger partial charge on any atom is -0.480 e. The summed E-state index contributed by atoms with van der Waals surface area (Å²) in [6.45, 7) is 1.36. The van der Waals surface area contributed by atoms with Crippen LogP contribution < -0.4 is 0 Å². The first-order valence-corrected chi connectivity index (χ1v) is 12.3. The number of halogens is 1. The number of ether oxygens (including phenoxy) is 2. The number of hydrogen-bond acceptors (Lipinski definition) is 4. The van der Waals surface area contributed by atoms with Crippen LogP contribution >= 0.6 is 15.9 Å². The highest BCUT2D eigenvalue weighted by molar-refractivity contribution is 9.10. The van der Waals surface area contributed by atoms with Crippen LogP contribution in [-0.2, 0) is 26.5 Å². The average molecular weight is 516 g/mol. The molecular weight excluding hydrogens is 486 g/mol. The van der Waals surface area contributed by atoms with E-state index < -0.39 is 11.6 Å². The molecular formula is C26H30BrNO5. The number of amides is 1. The Morgan fingerprint density at radius 3 is 2.27 bits per heavy atom. The van der Waals surface area contributed by atoms with Gasteiger partial charge >= 0.3 is 12.1 Å². The Bertz CT molecular complexity index is 962. The topological polar surface area (TPSA) is 76.1 Å². The van der Waals surface area contributed by atoms with Gasteiger partial charge in [0.1, 0.15) is 13.2 Å². The Hall–Kier alpha value is -2.38. The first-order chi connectivity index (χ1) is 15.9. The standard InChI is InChI=1S/C26H30BrNO5/c27-22-8-4-7-21(17-22)26(33-19-23(29)30)11-9-25(10-12-26)13-15-28(16-14-25)24(31)32-18-20-5-2-1-3-6-20/h1-8,17H,9-16,18-19H2,(H,29,30). The van der Waals surface area contributed by atoms with Gasteiger partial charge in [0.25, 0.3) is 0 Å². The first-order valence-electron chi connectivity index (χ1n) is 11.5. The first kappa shape index (κ1) is 23.8. The predicted octanol–water partition coefficient (Wildman–Crippen LogP) is 5.74. The maximum Gasteiger partial charge on any atom is 0.410 e. The molecule has 0 atom stereocenters. The molecule has 2 fully saturated rings. The van der Waals surface area contributed by atoms with E-state index in [0.29, 0.717) is 13.1 Å². The van der Waals surface area contributed by atoms with Crippen molar-refractivity contribution in [3.63, 3.8) is 0 Å². The largest absolute Gasteiger partial charge is 0.480 e. The number of carboxylic acid groups (broad SMARTS) is 1. The highest BCUT2D eigenvalue weighted by Gasteiger charge is 2.46. The predicted molar refractivity (Wildman–Crippen MR) is 128 cm³/mol. The van der Waals surface area contributed by atoms with Crippen LogP contribution in [0.25, 0.3) is 0 Å². The van der Waals surface area contributed by atoms with E-state index in [-0.39, 0.29) is 24.7 Å². The van der Waals surface area contributed by atoms with Gasteiger partial charge in [-0.05, 0) is 67.2 Å². The van der Waals surface area contributed by atoms with Gasteiger partial charge < -0.3 is 19.5 Å². The summed E-state index contributed by atoms with van der Waals surface area (Å²) in [7, 11) is 0. The lowest BCUT2D eigenvalue weighted by atomic mass is 9.63. The zero-order valence-electron chi connectivity index (χ0n) is 18.7. The van der Waals surface area contributed by atoms with E-state index in [9.17, 15) is 14.7 Å². The second-order valence-electron chi connectivity index (χ2n) is 9.21.